The zero-order valence-electron chi connectivity index (χ0n) is 6.49. The number of rotatable bonds is 1. The minimum absolute atomic E-state index is 0.266. The molecule has 1 radical (unpaired) electrons. The Kier molecular flexibility index (Phi) is 2.41. The lowest BCUT2D eigenvalue weighted by atomic mass is 10.0. The van der Waals surface area contributed by atoms with Crippen molar-refractivity contribution in [1.29, 1.82) is 0 Å². The van der Waals surface area contributed by atoms with Crippen LogP contribution in [-0.4, -0.2) is 32.5 Å². The van der Waals surface area contributed by atoms with E-state index in [2.05, 4.69) is 0 Å². The number of ether oxygens (including phenoxy) is 3. The van der Waals surface area contributed by atoms with E-state index in [4.69, 9.17) is 14.2 Å². The highest BCUT2D eigenvalue weighted by Gasteiger charge is 2.28. The molecule has 2 heterocycles. The second-order valence-electron chi connectivity index (χ2n) is 2.98. The maximum absolute atomic E-state index is 5.54. The van der Waals surface area contributed by atoms with E-state index in [9.17, 15) is 0 Å². The maximum atomic E-state index is 5.54. The summed E-state index contributed by atoms with van der Waals surface area (Å²) in [6, 6.07) is 0. The van der Waals surface area contributed by atoms with Crippen molar-refractivity contribution in [2.45, 2.75) is 12.5 Å². The monoisotopic (exact) mass is 157 g/mol. The van der Waals surface area contributed by atoms with Crippen molar-refractivity contribution >= 4 is 0 Å². The summed E-state index contributed by atoms with van der Waals surface area (Å²) in [5.74, 6) is 0.523. The second kappa shape index (κ2) is 3.52. The largest absolute Gasteiger partial charge is 0.376 e. The van der Waals surface area contributed by atoms with Gasteiger partial charge in [0.1, 0.15) is 0 Å². The Hall–Kier alpha value is -0.120. The fraction of sp³-hybridized carbons (Fsp3) is 0.875. The van der Waals surface area contributed by atoms with Crippen molar-refractivity contribution in [3.8, 4) is 0 Å². The van der Waals surface area contributed by atoms with Crippen LogP contribution in [0.25, 0.3) is 0 Å². The molecule has 0 aromatic rings. The Morgan fingerprint density at radius 3 is 2.82 bits per heavy atom. The molecule has 0 saturated carbocycles. The van der Waals surface area contributed by atoms with Crippen LogP contribution < -0.4 is 0 Å². The van der Waals surface area contributed by atoms with E-state index in [-0.39, 0.29) is 6.10 Å². The van der Waals surface area contributed by atoms with Crippen LogP contribution in [0.15, 0.2) is 0 Å². The first-order valence-corrected chi connectivity index (χ1v) is 4.09. The third-order valence-electron chi connectivity index (χ3n) is 2.19. The predicted molar refractivity (Wildman–Crippen MR) is 38.9 cm³/mol. The van der Waals surface area contributed by atoms with Gasteiger partial charge in [-0.2, -0.15) is 0 Å². The molecule has 2 fully saturated rings. The van der Waals surface area contributed by atoms with Crippen LogP contribution in [0.1, 0.15) is 6.42 Å². The van der Waals surface area contributed by atoms with Gasteiger partial charge in [-0.1, -0.05) is 0 Å². The van der Waals surface area contributed by atoms with Crippen molar-refractivity contribution in [2.75, 3.05) is 26.4 Å². The summed E-state index contributed by atoms with van der Waals surface area (Å²) >= 11 is 0. The molecule has 63 valence electrons. The van der Waals surface area contributed by atoms with E-state index in [1.54, 1.807) is 0 Å². The minimum atomic E-state index is 0.266. The lowest BCUT2D eigenvalue weighted by molar-refractivity contribution is -0.110. The van der Waals surface area contributed by atoms with Crippen LogP contribution in [-0.2, 0) is 14.2 Å². The first kappa shape index (κ1) is 7.53. The van der Waals surface area contributed by atoms with Crippen LogP contribution >= 0.6 is 0 Å². The van der Waals surface area contributed by atoms with Crippen LogP contribution in [0.5, 0.6) is 0 Å². The Morgan fingerprint density at radius 2 is 2.18 bits per heavy atom. The fourth-order valence-corrected chi connectivity index (χ4v) is 1.49. The Morgan fingerprint density at radius 1 is 1.18 bits per heavy atom. The molecule has 2 aliphatic heterocycles. The lowest BCUT2D eigenvalue weighted by Gasteiger charge is -2.26. The van der Waals surface area contributed by atoms with Gasteiger partial charge in [0.25, 0.3) is 0 Å². The summed E-state index contributed by atoms with van der Waals surface area (Å²) < 4.78 is 16.0. The van der Waals surface area contributed by atoms with Gasteiger partial charge in [-0.15, -0.1) is 0 Å². The second-order valence-corrected chi connectivity index (χ2v) is 2.98. The minimum Gasteiger partial charge on any atom is -0.376 e. The maximum Gasteiger partial charge on any atom is 0.0860 e. The summed E-state index contributed by atoms with van der Waals surface area (Å²) in [5.41, 5.74) is 0. The SMILES string of the molecule is [CH]1CC(C2COCCO2)CO1. The molecule has 2 unspecified atom stereocenters. The average molecular weight is 157 g/mol. The van der Waals surface area contributed by atoms with Gasteiger partial charge in [0.05, 0.1) is 39.1 Å². The van der Waals surface area contributed by atoms with Crippen LogP contribution in [0.4, 0.5) is 0 Å². The third kappa shape index (κ3) is 1.72. The van der Waals surface area contributed by atoms with E-state index in [0.29, 0.717) is 5.92 Å². The van der Waals surface area contributed by atoms with Gasteiger partial charge in [-0.05, 0) is 6.42 Å². The zero-order chi connectivity index (χ0) is 7.52. The molecule has 0 aromatic carbocycles. The van der Waals surface area contributed by atoms with Crippen molar-refractivity contribution in [3.05, 3.63) is 6.61 Å². The van der Waals surface area contributed by atoms with Crippen molar-refractivity contribution in [2.24, 2.45) is 5.92 Å². The average Bonchev–Trinajstić information content (AvgIpc) is 2.58. The molecule has 3 nitrogen and oxygen atoms in total. The van der Waals surface area contributed by atoms with Crippen LogP contribution in [0.3, 0.4) is 0 Å². The number of hydrogen-bond acceptors (Lipinski definition) is 3. The molecule has 2 rings (SSSR count). The van der Waals surface area contributed by atoms with Gasteiger partial charge in [0, 0.05) is 5.92 Å². The third-order valence-corrected chi connectivity index (χ3v) is 2.19. The Balaban J connectivity index is 1.82. The summed E-state index contributed by atoms with van der Waals surface area (Å²) in [7, 11) is 0. The highest BCUT2D eigenvalue weighted by atomic mass is 16.6. The molecule has 0 amide bonds. The molecular weight excluding hydrogens is 144 g/mol. The quantitative estimate of drug-likeness (QED) is 0.558. The summed E-state index contributed by atoms with van der Waals surface area (Å²) in [6.07, 6.45) is 1.27. The Bertz CT molecular complexity index is 115. The smallest absolute Gasteiger partial charge is 0.0860 e. The van der Waals surface area contributed by atoms with E-state index in [1.165, 1.54) is 0 Å². The zero-order valence-corrected chi connectivity index (χ0v) is 6.49. The van der Waals surface area contributed by atoms with Gasteiger partial charge in [-0.25, -0.2) is 0 Å². The molecule has 2 saturated heterocycles. The standard InChI is InChI=1S/C8H13O3/c1-2-9-5-7(1)8-6-10-3-4-11-8/h2,7-8H,1,3-6H2. The molecule has 0 N–H and O–H groups in total. The predicted octanol–water partition coefficient (Wildman–Crippen LogP) is 0.600. The summed E-state index contributed by atoms with van der Waals surface area (Å²) in [6.45, 7) is 4.88. The molecule has 0 aromatic heterocycles. The van der Waals surface area contributed by atoms with Crippen molar-refractivity contribution < 1.29 is 14.2 Å². The van der Waals surface area contributed by atoms with Crippen molar-refractivity contribution in [1.82, 2.24) is 0 Å². The van der Waals surface area contributed by atoms with E-state index in [0.717, 1.165) is 32.8 Å². The van der Waals surface area contributed by atoms with E-state index in [1.807, 2.05) is 6.61 Å². The molecule has 0 spiro atoms. The Labute approximate surface area is 66.6 Å². The number of hydrogen-bond donors (Lipinski definition) is 0. The molecule has 0 aliphatic carbocycles. The van der Waals surface area contributed by atoms with Crippen LogP contribution in [0, 0.1) is 12.5 Å². The van der Waals surface area contributed by atoms with E-state index < -0.39 is 0 Å². The fourth-order valence-electron chi connectivity index (χ4n) is 1.49. The molecular formula is C8H13O3. The summed E-state index contributed by atoms with van der Waals surface area (Å²) in [4.78, 5) is 0. The van der Waals surface area contributed by atoms with Crippen LogP contribution in [0.2, 0.25) is 0 Å². The highest BCUT2D eigenvalue weighted by Crippen LogP contribution is 2.23. The van der Waals surface area contributed by atoms with E-state index >= 15 is 0 Å². The van der Waals surface area contributed by atoms with Gasteiger partial charge >= 0.3 is 0 Å². The van der Waals surface area contributed by atoms with Crippen molar-refractivity contribution in [3.63, 3.8) is 0 Å². The molecule has 11 heavy (non-hydrogen) atoms. The lowest BCUT2D eigenvalue weighted by Crippen LogP contribution is -2.35. The van der Waals surface area contributed by atoms with Gasteiger partial charge < -0.3 is 14.2 Å². The molecule has 2 aliphatic rings. The topological polar surface area (TPSA) is 27.7 Å². The van der Waals surface area contributed by atoms with Gasteiger partial charge in [0.15, 0.2) is 0 Å². The normalized spacial score (nSPS) is 39.3. The highest BCUT2D eigenvalue weighted by molar-refractivity contribution is 4.79. The van der Waals surface area contributed by atoms with Gasteiger partial charge in [0.2, 0.25) is 0 Å². The molecule has 2 atom stereocenters. The first-order valence-electron chi connectivity index (χ1n) is 4.09. The molecule has 0 bridgehead atoms. The molecule has 3 heteroatoms. The summed E-state index contributed by atoms with van der Waals surface area (Å²) in [5, 5.41) is 0. The van der Waals surface area contributed by atoms with Gasteiger partial charge in [-0.3, -0.25) is 0 Å². The first-order chi connectivity index (χ1) is 5.47.